The average Bonchev–Trinajstić information content (AvgIpc) is 2.62. The molecular weight excluding hydrogens is 439 g/mol. The van der Waals surface area contributed by atoms with Crippen LogP contribution in [0.25, 0.3) is 0 Å². The molecule has 0 bridgehead atoms. The molecule has 5 nitrogen and oxygen atoms in total. The molecule has 1 saturated heterocycles. The van der Waals surface area contributed by atoms with E-state index in [1.165, 1.54) is 0 Å². The van der Waals surface area contributed by atoms with Crippen molar-refractivity contribution in [3.8, 4) is 0 Å². The Kier molecular flexibility index (Phi) is 9.19. The molecule has 1 amide bonds. The van der Waals surface area contributed by atoms with Crippen LogP contribution >= 0.6 is 40.7 Å². The molecule has 8 heteroatoms. The number of nitrogens with two attached hydrogens (primary N) is 1. The number of benzene rings is 1. The predicted molar refractivity (Wildman–Crippen MR) is 114 cm³/mol. The summed E-state index contributed by atoms with van der Waals surface area (Å²) in [6.45, 7) is 3.10. The molecule has 1 aliphatic rings. The topological polar surface area (TPSA) is 62.5 Å². The second kappa shape index (κ2) is 10.6. The SMILES string of the molecule is Cl.Cl.Nc1ccccc1CCC(=O)N1CCN(c2ccc(Br)cn2)CC1. The molecule has 0 radical (unpaired) electrons. The standard InChI is InChI=1S/C18H21BrN4O.2ClH/c19-15-6-7-17(21-13-15)22-9-11-23(12-10-22)18(24)8-5-14-3-1-2-4-16(14)20;;/h1-4,6-7,13H,5,8-12,20H2;2*1H. The van der Waals surface area contributed by atoms with Crippen LogP contribution in [-0.4, -0.2) is 42.0 Å². The Balaban J connectivity index is 0.00000169. The number of hydrogen-bond donors (Lipinski definition) is 1. The summed E-state index contributed by atoms with van der Waals surface area (Å²) in [4.78, 5) is 21.0. The lowest BCUT2D eigenvalue weighted by molar-refractivity contribution is -0.131. The number of carbonyl (C=O) groups is 1. The number of rotatable bonds is 4. The van der Waals surface area contributed by atoms with Crippen LogP contribution < -0.4 is 10.6 Å². The first-order valence-corrected chi connectivity index (χ1v) is 8.90. The number of anilines is 2. The molecule has 1 aromatic carbocycles. The van der Waals surface area contributed by atoms with Gasteiger partial charge in [0.25, 0.3) is 0 Å². The van der Waals surface area contributed by atoms with E-state index in [2.05, 4.69) is 25.8 Å². The van der Waals surface area contributed by atoms with Gasteiger partial charge in [0, 0.05) is 49.0 Å². The van der Waals surface area contributed by atoms with Gasteiger partial charge in [0.05, 0.1) is 0 Å². The number of halogens is 3. The van der Waals surface area contributed by atoms with Gasteiger partial charge in [0.2, 0.25) is 5.91 Å². The molecule has 2 aromatic rings. The average molecular weight is 462 g/mol. The summed E-state index contributed by atoms with van der Waals surface area (Å²) < 4.78 is 0.972. The first-order valence-electron chi connectivity index (χ1n) is 8.11. The van der Waals surface area contributed by atoms with Gasteiger partial charge in [0.15, 0.2) is 0 Å². The maximum absolute atomic E-state index is 12.4. The van der Waals surface area contributed by atoms with E-state index in [1.807, 2.05) is 41.3 Å². The third kappa shape index (κ3) is 5.76. The van der Waals surface area contributed by atoms with Gasteiger partial charge in [-0.1, -0.05) is 18.2 Å². The molecule has 0 atom stereocenters. The van der Waals surface area contributed by atoms with E-state index in [0.717, 1.165) is 47.7 Å². The fraction of sp³-hybridized carbons (Fsp3) is 0.333. The third-order valence-corrected chi connectivity index (χ3v) is 4.80. The summed E-state index contributed by atoms with van der Waals surface area (Å²) in [7, 11) is 0. The lowest BCUT2D eigenvalue weighted by atomic mass is 10.1. The van der Waals surface area contributed by atoms with Crippen molar-refractivity contribution in [1.29, 1.82) is 0 Å². The number of hydrogen-bond acceptors (Lipinski definition) is 4. The summed E-state index contributed by atoms with van der Waals surface area (Å²) in [6, 6.07) is 11.7. The Morgan fingerprint density at radius 2 is 1.77 bits per heavy atom. The molecule has 2 heterocycles. The van der Waals surface area contributed by atoms with Crippen molar-refractivity contribution in [1.82, 2.24) is 9.88 Å². The summed E-state index contributed by atoms with van der Waals surface area (Å²) in [5.74, 6) is 1.16. The lowest BCUT2D eigenvalue weighted by Crippen LogP contribution is -2.49. The van der Waals surface area contributed by atoms with Gasteiger partial charge in [0.1, 0.15) is 5.82 Å². The maximum Gasteiger partial charge on any atom is 0.223 e. The van der Waals surface area contributed by atoms with Gasteiger partial charge in [-0.25, -0.2) is 4.98 Å². The molecule has 0 spiro atoms. The summed E-state index contributed by atoms with van der Waals surface area (Å²) in [6.07, 6.45) is 3.00. The largest absolute Gasteiger partial charge is 0.399 e. The molecule has 142 valence electrons. The van der Waals surface area contributed by atoms with Crippen LogP contribution in [0.3, 0.4) is 0 Å². The molecule has 0 aliphatic carbocycles. The highest BCUT2D eigenvalue weighted by atomic mass is 79.9. The van der Waals surface area contributed by atoms with Gasteiger partial charge in [-0.2, -0.15) is 0 Å². The number of carbonyl (C=O) groups excluding carboxylic acids is 1. The highest BCUT2D eigenvalue weighted by molar-refractivity contribution is 9.10. The van der Waals surface area contributed by atoms with E-state index >= 15 is 0 Å². The smallest absolute Gasteiger partial charge is 0.223 e. The van der Waals surface area contributed by atoms with Gasteiger partial charge in [-0.15, -0.1) is 24.8 Å². The normalized spacial score (nSPS) is 13.6. The van der Waals surface area contributed by atoms with Crippen LogP contribution in [0, 0.1) is 0 Å². The van der Waals surface area contributed by atoms with Crippen molar-refractivity contribution in [2.75, 3.05) is 36.8 Å². The second-order valence-corrected chi connectivity index (χ2v) is 6.82. The molecule has 26 heavy (non-hydrogen) atoms. The van der Waals surface area contributed by atoms with Crippen molar-refractivity contribution in [2.24, 2.45) is 0 Å². The molecule has 1 fully saturated rings. The summed E-state index contributed by atoms with van der Waals surface area (Å²) in [5, 5.41) is 0. The number of aryl methyl sites for hydroxylation is 1. The minimum atomic E-state index is 0. The number of para-hydroxylation sites is 1. The quantitative estimate of drug-likeness (QED) is 0.707. The Labute approximate surface area is 174 Å². The Morgan fingerprint density at radius 3 is 2.38 bits per heavy atom. The molecule has 0 saturated carbocycles. The first kappa shape index (κ1) is 22.5. The molecule has 0 unspecified atom stereocenters. The zero-order chi connectivity index (χ0) is 16.9. The molecule has 3 rings (SSSR count). The molecule has 2 N–H and O–H groups in total. The van der Waals surface area contributed by atoms with Crippen molar-refractivity contribution in [3.05, 3.63) is 52.6 Å². The first-order chi connectivity index (χ1) is 11.6. The van der Waals surface area contributed by atoms with E-state index in [1.54, 1.807) is 6.20 Å². The molecule has 1 aliphatic heterocycles. The van der Waals surface area contributed by atoms with Crippen molar-refractivity contribution in [3.63, 3.8) is 0 Å². The third-order valence-electron chi connectivity index (χ3n) is 4.33. The van der Waals surface area contributed by atoms with E-state index in [4.69, 9.17) is 5.73 Å². The van der Waals surface area contributed by atoms with Crippen molar-refractivity contribution < 1.29 is 4.79 Å². The summed E-state index contributed by atoms with van der Waals surface area (Å²) >= 11 is 3.40. The number of pyridine rings is 1. The highest BCUT2D eigenvalue weighted by Gasteiger charge is 2.21. The number of amides is 1. The zero-order valence-corrected chi connectivity index (χ0v) is 17.5. The van der Waals surface area contributed by atoms with Crippen LogP contribution in [0.15, 0.2) is 47.1 Å². The summed E-state index contributed by atoms with van der Waals surface area (Å²) in [5.41, 5.74) is 7.74. The second-order valence-electron chi connectivity index (χ2n) is 5.90. The minimum absolute atomic E-state index is 0. The van der Waals surface area contributed by atoms with Crippen LogP contribution in [0.5, 0.6) is 0 Å². The van der Waals surface area contributed by atoms with Crippen molar-refractivity contribution in [2.45, 2.75) is 12.8 Å². The van der Waals surface area contributed by atoms with Gasteiger partial charge in [-0.3, -0.25) is 4.79 Å². The van der Waals surface area contributed by atoms with E-state index in [9.17, 15) is 4.79 Å². The fourth-order valence-corrected chi connectivity index (χ4v) is 3.14. The van der Waals surface area contributed by atoms with E-state index < -0.39 is 0 Å². The van der Waals surface area contributed by atoms with Crippen molar-refractivity contribution >= 4 is 58.2 Å². The number of aromatic nitrogens is 1. The minimum Gasteiger partial charge on any atom is -0.399 e. The van der Waals surface area contributed by atoms with Gasteiger partial charge < -0.3 is 15.5 Å². The Bertz CT molecular complexity index is 707. The Hall–Kier alpha value is -1.50. The van der Waals surface area contributed by atoms with Crippen LogP contribution in [-0.2, 0) is 11.2 Å². The molecule has 1 aromatic heterocycles. The molecular formula is C18H23BrCl2N4O. The Morgan fingerprint density at radius 1 is 1.08 bits per heavy atom. The fourth-order valence-electron chi connectivity index (χ4n) is 2.90. The number of piperazine rings is 1. The van der Waals surface area contributed by atoms with Crippen LogP contribution in [0.4, 0.5) is 11.5 Å². The van der Waals surface area contributed by atoms with Gasteiger partial charge in [-0.05, 0) is 46.1 Å². The predicted octanol–water partition coefficient (Wildman–Crippen LogP) is 3.55. The monoisotopic (exact) mass is 460 g/mol. The van der Waals surface area contributed by atoms with E-state index in [0.29, 0.717) is 12.8 Å². The van der Waals surface area contributed by atoms with E-state index in [-0.39, 0.29) is 30.7 Å². The maximum atomic E-state index is 12.4. The van der Waals surface area contributed by atoms with Crippen LogP contribution in [0.2, 0.25) is 0 Å². The number of nitrogens with zero attached hydrogens (tertiary/aromatic N) is 3. The lowest BCUT2D eigenvalue weighted by Gasteiger charge is -2.35. The van der Waals surface area contributed by atoms with Gasteiger partial charge >= 0.3 is 0 Å². The zero-order valence-electron chi connectivity index (χ0n) is 14.3. The van der Waals surface area contributed by atoms with Crippen LogP contribution in [0.1, 0.15) is 12.0 Å². The highest BCUT2D eigenvalue weighted by Crippen LogP contribution is 2.18. The number of nitrogen functional groups attached to an aromatic ring is 1.